The second-order valence-electron chi connectivity index (χ2n) is 6.56. The zero-order valence-electron chi connectivity index (χ0n) is 15.1. The molecular formula is C20H20FNO5S. The minimum Gasteiger partial charge on any atom is -0.456 e. The number of benzene rings is 2. The van der Waals surface area contributed by atoms with Crippen LogP contribution in [0.1, 0.15) is 34.3 Å². The second-order valence-corrected chi connectivity index (χ2v) is 8.32. The van der Waals surface area contributed by atoms with Gasteiger partial charge in [-0.15, -0.1) is 0 Å². The van der Waals surface area contributed by atoms with E-state index >= 15 is 0 Å². The number of sulfonamides is 1. The zero-order valence-corrected chi connectivity index (χ0v) is 15.9. The third-order valence-corrected chi connectivity index (χ3v) is 5.95. The molecule has 0 unspecified atom stereocenters. The van der Waals surface area contributed by atoms with Gasteiger partial charge in [0.05, 0.1) is 4.90 Å². The topological polar surface area (TPSA) is 89.5 Å². The van der Waals surface area contributed by atoms with Gasteiger partial charge in [-0.25, -0.2) is 12.8 Å². The molecule has 1 aliphatic rings. The number of Topliss-reactive ketones (excluding diaryl/α,β-unsaturated/α-hetero) is 1. The van der Waals surface area contributed by atoms with Crippen LogP contribution in [0.15, 0.2) is 47.4 Å². The molecule has 1 aliphatic carbocycles. The predicted octanol–water partition coefficient (Wildman–Crippen LogP) is 2.41. The lowest BCUT2D eigenvalue weighted by Crippen LogP contribution is -2.31. The van der Waals surface area contributed by atoms with E-state index in [-0.39, 0.29) is 10.7 Å². The molecule has 0 aliphatic heterocycles. The first-order chi connectivity index (χ1) is 13.3. The van der Waals surface area contributed by atoms with Gasteiger partial charge in [-0.05, 0) is 61.1 Å². The lowest BCUT2D eigenvalue weighted by Gasteiger charge is -2.16. The van der Waals surface area contributed by atoms with Gasteiger partial charge in [0.2, 0.25) is 10.0 Å². The number of carbonyl (C=O) groups is 2. The Kier molecular flexibility index (Phi) is 6.21. The van der Waals surface area contributed by atoms with E-state index in [1.165, 1.54) is 17.7 Å². The normalized spacial score (nSPS) is 13.6. The number of aryl methyl sites for hydroxylation is 2. The number of hydrogen-bond acceptors (Lipinski definition) is 5. The van der Waals surface area contributed by atoms with Crippen LogP contribution in [0.3, 0.4) is 0 Å². The standard InChI is InChI=1S/C20H20FNO5S/c21-17-6-3-7-18(11-17)28(25,26)22-12-20(24)27-13-19(23)16-9-8-14-4-1-2-5-15(14)10-16/h3,6-11,22H,1-2,4-5,12-13H2. The molecule has 2 aromatic rings. The fourth-order valence-corrected chi connectivity index (χ4v) is 4.06. The Labute approximate surface area is 162 Å². The number of carbonyl (C=O) groups excluding carboxylic acids is 2. The van der Waals surface area contributed by atoms with Gasteiger partial charge in [-0.1, -0.05) is 18.2 Å². The van der Waals surface area contributed by atoms with Crippen LogP contribution >= 0.6 is 0 Å². The molecule has 0 saturated carbocycles. The zero-order chi connectivity index (χ0) is 20.1. The van der Waals surface area contributed by atoms with E-state index in [4.69, 9.17) is 4.74 Å². The van der Waals surface area contributed by atoms with Gasteiger partial charge in [0.15, 0.2) is 12.4 Å². The summed E-state index contributed by atoms with van der Waals surface area (Å²) < 4.78 is 44.1. The number of fused-ring (bicyclic) bond motifs is 1. The summed E-state index contributed by atoms with van der Waals surface area (Å²) in [4.78, 5) is 23.7. The lowest BCUT2D eigenvalue weighted by atomic mass is 9.90. The molecule has 0 fully saturated rings. The molecule has 0 spiro atoms. The predicted molar refractivity (Wildman–Crippen MR) is 100.0 cm³/mol. The Morgan fingerprint density at radius 3 is 2.54 bits per heavy atom. The molecule has 0 saturated heterocycles. The van der Waals surface area contributed by atoms with Crippen LogP contribution in [0.5, 0.6) is 0 Å². The molecule has 6 nitrogen and oxygen atoms in total. The van der Waals surface area contributed by atoms with Crippen LogP contribution in [-0.4, -0.2) is 33.3 Å². The summed E-state index contributed by atoms with van der Waals surface area (Å²) in [6.45, 7) is -1.13. The minimum atomic E-state index is -4.05. The molecule has 2 aromatic carbocycles. The van der Waals surface area contributed by atoms with Crippen molar-refractivity contribution >= 4 is 21.8 Å². The Balaban J connectivity index is 1.52. The average molecular weight is 405 g/mol. The van der Waals surface area contributed by atoms with Crippen molar-refractivity contribution in [2.45, 2.75) is 30.6 Å². The van der Waals surface area contributed by atoms with Crippen molar-refractivity contribution in [2.75, 3.05) is 13.2 Å². The highest BCUT2D eigenvalue weighted by molar-refractivity contribution is 7.89. The van der Waals surface area contributed by atoms with Crippen molar-refractivity contribution in [1.29, 1.82) is 0 Å². The first-order valence-corrected chi connectivity index (χ1v) is 10.4. The van der Waals surface area contributed by atoms with Gasteiger partial charge in [-0.3, -0.25) is 9.59 Å². The van der Waals surface area contributed by atoms with Gasteiger partial charge in [0.25, 0.3) is 0 Å². The summed E-state index contributed by atoms with van der Waals surface area (Å²) in [5.74, 6) is -1.96. The first kappa shape index (κ1) is 20.2. The van der Waals surface area contributed by atoms with Crippen LogP contribution in [0, 0.1) is 5.82 Å². The van der Waals surface area contributed by atoms with Crippen LogP contribution in [0.2, 0.25) is 0 Å². The molecule has 8 heteroatoms. The van der Waals surface area contributed by atoms with Gasteiger partial charge in [-0.2, -0.15) is 4.72 Å². The van der Waals surface area contributed by atoms with Crippen molar-refractivity contribution in [3.05, 3.63) is 65.0 Å². The Bertz CT molecular complexity index is 1000. The number of hydrogen-bond donors (Lipinski definition) is 1. The van der Waals surface area contributed by atoms with Gasteiger partial charge in [0.1, 0.15) is 12.4 Å². The van der Waals surface area contributed by atoms with Crippen LogP contribution in [0.4, 0.5) is 4.39 Å². The molecule has 1 N–H and O–H groups in total. The minimum absolute atomic E-state index is 0.301. The van der Waals surface area contributed by atoms with E-state index in [9.17, 15) is 22.4 Å². The summed E-state index contributed by atoms with van der Waals surface area (Å²) in [7, 11) is -4.05. The first-order valence-electron chi connectivity index (χ1n) is 8.91. The summed E-state index contributed by atoms with van der Waals surface area (Å²) in [6, 6.07) is 9.88. The molecule has 0 bridgehead atoms. The van der Waals surface area contributed by atoms with E-state index in [1.54, 1.807) is 6.07 Å². The number of ether oxygens (including phenoxy) is 1. The van der Waals surface area contributed by atoms with E-state index in [2.05, 4.69) is 0 Å². The number of rotatable bonds is 7. The third-order valence-electron chi connectivity index (χ3n) is 4.55. The number of halogens is 1. The van der Waals surface area contributed by atoms with Crippen molar-refractivity contribution < 1.29 is 27.1 Å². The maximum Gasteiger partial charge on any atom is 0.321 e. The molecule has 0 heterocycles. The molecule has 0 amide bonds. The molecule has 148 valence electrons. The van der Waals surface area contributed by atoms with E-state index in [0.29, 0.717) is 5.56 Å². The largest absolute Gasteiger partial charge is 0.456 e. The molecule has 28 heavy (non-hydrogen) atoms. The highest BCUT2D eigenvalue weighted by Gasteiger charge is 2.18. The van der Waals surface area contributed by atoms with Crippen molar-refractivity contribution in [3.8, 4) is 0 Å². The third kappa shape index (κ3) is 5.02. The Morgan fingerprint density at radius 2 is 1.79 bits per heavy atom. The van der Waals surface area contributed by atoms with Crippen LogP contribution < -0.4 is 4.72 Å². The summed E-state index contributed by atoms with van der Waals surface area (Å²) in [5.41, 5.74) is 2.85. The van der Waals surface area contributed by atoms with Gasteiger partial charge < -0.3 is 4.74 Å². The van der Waals surface area contributed by atoms with Gasteiger partial charge >= 0.3 is 5.97 Å². The maximum absolute atomic E-state index is 13.2. The molecule has 0 atom stereocenters. The summed E-state index contributed by atoms with van der Waals surface area (Å²) >= 11 is 0. The lowest BCUT2D eigenvalue weighted by molar-refractivity contribution is -0.141. The maximum atomic E-state index is 13.2. The number of esters is 1. The Hall–Kier alpha value is -2.58. The highest BCUT2D eigenvalue weighted by Crippen LogP contribution is 2.22. The SMILES string of the molecule is O=C(CNS(=O)(=O)c1cccc(F)c1)OCC(=O)c1ccc2c(c1)CCCC2. The monoisotopic (exact) mass is 405 g/mol. The quantitative estimate of drug-likeness (QED) is 0.564. The molecular weight excluding hydrogens is 385 g/mol. The van der Waals surface area contributed by atoms with Crippen molar-refractivity contribution in [3.63, 3.8) is 0 Å². The van der Waals surface area contributed by atoms with Gasteiger partial charge in [0, 0.05) is 5.56 Å². The smallest absolute Gasteiger partial charge is 0.321 e. The summed E-state index contributed by atoms with van der Waals surface area (Å²) in [5, 5.41) is 0. The average Bonchev–Trinajstić information content (AvgIpc) is 2.70. The van der Waals surface area contributed by atoms with Crippen molar-refractivity contribution in [1.82, 2.24) is 4.72 Å². The van der Waals surface area contributed by atoms with Crippen LogP contribution in [-0.2, 0) is 32.4 Å². The van der Waals surface area contributed by atoms with Crippen molar-refractivity contribution in [2.24, 2.45) is 0 Å². The Morgan fingerprint density at radius 1 is 1.04 bits per heavy atom. The number of ketones is 1. The molecule has 0 aromatic heterocycles. The highest BCUT2D eigenvalue weighted by atomic mass is 32.2. The van der Waals surface area contributed by atoms with E-state index < -0.39 is 35.0 Å². The van der Waals surface area contributed by atoms with E-state index in [1.807, 2.05) is 16.9 Å². The molecule has 3 rings (SSSR count). The number of nitrogens with one attached hydrogen (secondary N) is 1. The second kappa shape index (κ2) is 8.62. The fraction of sp³-hybridized carbons (Fsp3) is 0.300. The fourth-order valence-electron chi connectivity index (χ4n) is 3.06. The summed E-state index contributed by atoms with van der Waals surface area (Å²) in [6.07, 6.45) is 4.16. The van der Waals surface area contributed by atoms with E-state index in [0.717, 1.165) is 43.4 Å². The van der Waals surface area contributed by atoms with Crippen LogP contribution in [0.25, 0.3) is 0 Å². The molecule has 0 radical (unpaired) electrons.